The van der Waals surface area contributed by atoms with E-state index in [4.69, 9.17) is 22.1 Å². The Morgan fingerprint density at radius 3 is 2.63 bits per heavy atom. The van der Waals surface area contributed by atoms with E-state index in [1.165, 1.54) is 24.3 Å². The molecule has 0 bridgehead atoms. The quantitative estimate of drug-likeness (QED) is 0.392. The minimum absolute atomic E-state index is 0.0813. The Labute approximate surface area is 222 Å². The van der Waals surface area contributed by atoms with Crippen LogP contribution in [-0.2, 0) is 4.79 Å². The molecule has 4 rings (SSSR count). The van der Waals surface area contributed by atoms with Crippen molar-refractivity contribution < 1.29 is 22.7 Å². The Kier molecular flexibility index (Phi) is 8.97. The van der Waals surface area contributed by atoms with E-state index < -0.39 is 24.8 Å². The fraction of sp³-hybridized carbons (Fsp3) is 0.360. The van der Waals surface area contributed by atoms with Crippen molar-refractivity contribution in [3.05, 3.63) is 59.1 Å². The van der Waals surface area contributed by atoms with Crippen LogP contribution in [0.25, 0.3) is 11.3 Å². The predicted octanol–water partition coefficient (Wildman–Crippen LogP) is 3.88. The molecule has 1 fully saturated rings. The van der Waals surface area contributed by atoms with Gasteiger partial charge in [0.25, 0.3) is 12.3 Å². The second kappa shape index (κ2) is 12.4. The van der Waals surface area contributed by atoms with Crippen LogP contribution < -0.4 is 15.8 Å². The number of rotatable bonds is 10. The summed E-state index contributed by atoms with van der Waals surface area (Å²) in [4.78, 5) is 20.7. The molecule has 1 unspecified atom stereocenters. The van der Waals surface area contributed by atoms with Crippen molar-refractivity contribution in [3.63, 3.8) is 0 Å². The molecule has 9 nitrogen and oxygen atoms in total. The Bertz CT molecular complexity index is 1280. The fourth-order valence-electron chi connectivity index (χ4n) is 4.15. The number of likely N-dealkylation sites (N-methyl/N-ethyl adjacent to an activating group) is 1. The van der Waals surface area contributed by atoms with Crippen LogP contribution >= 0.6 is 11.6 Å². The topological polar surface area (TPSA) is 110 Å². The number of piperazine rings is 1. The van der Waals surface area contributed by atoms with Crippen LogP contribution in [0.4, 0.5) is 24.5 Å². The molecule has 1 aliphatic heterocycles. The monoisotopic (exact) mass is 549 g/mol. The highest BCUT2D eigenvalue weighted by Crippen LogP contribution is 2.33. The van der Waals surface area contributed by atoms with E-state index in [1.807, 2.05) is 7.05 Å². The van der Waals surface area contributed by atoms with Gasteiger partial charge < -0.3 is 20.7 Å². The van der Waals surface area contributed by atoms with E-state index in [-0.39, 0.29) is 35.3 Å². The SMILES string of the molecule is CN1CCN(C(CC(N)=O)c2cc(Nc3cc(-c4cc(Cl)ccc4F)nnc3OCC(F)F)ccn2)CC1. The van der Waals surface area contributed by atoms with Crippen molar-refractivity contribution in [3.8, 4) is 17.1 Å². The van der Waals surface area contributed by atoms with Gasteiger partial charge in [-0.3, -0.25) is 14.7 Å². The zero-order valence-electron chi connectivity index (χ0n) is 20.6. The molecule has 0 radical (unpaired) electrons. The van der Waals surface area contributed by atoms with Crippen molar-refractivity contribution in [2.75, 3.05) is 45.2 Å². The maximum absolute atomic E-state index is 14.5. The van der Waals surface area contributed by atoms with Crippen molar-refractivity contribution in [2.45, 2.75) is 18.9 Å². The third-order valence-electron chi connectivity index (χ3n) is 6.09. The lowest BCUT2D eigenvalue weighted by molar-refractivity contribution is -0.119. The molecule has 1 saturated heterocycles. The average molecular weight is 550 g/mol. The van der Waals surface area contributed by atoms with Gasteiger partial charge in [-0.1, -0.05) is 11.6 Å². The number of nitrogens with one attached hydrogen (secondary N) is 1. The average Bonchev–Trinajstić information content (AvgIpc) is 2.88. The number of primary amides is 1. The number of carbonyl (C=O) groups is 1. The summed E-state index contributed by atoms with van der Waals surface area (Å²) in [6, 6.07) is 8.47. The summed E-state index contributed by atoms with van der Waals surface area (Å²) in [6.07, 6.45) is -1.09. The summed E-state index contributed by atoms with van der Waals surface area (Å²) in [5, 5.41) is 11.2. The van der Waals surface area contributed by atoms with Gasteiger partial charge in [0.05, 0.1) is 17.4 Å². The number of benzene rings is 1. The van der Waals surface area contributed by atoms with E-state index in [9.17, 15) is 18.0 Å². The number of anilines is 2. The van der Waals surface area contributed by atoms with Crippen LogP contribution in [0.5, 0.6) is 5.88 Å². The number of nitrogens with zero attached hydrogens (tertiary/aromatic N) is 5. The van der Waals surface area contributed by atoms with E-state index in [0.717, 1.165) is 26.2 Å². The standard InChI is InChI=1S/C25H27ClF3N7O2/c1-35-6-8-36(9-7-35)22(13-24(30)37)20-11-16(4-5-31-20)32-21-12-19(17-10-15(26)2-3-18(17)27)33-34-25(21)38-14-23(28)29/h2-5,10-12,22-23H,6-9,13-14H2,1H3,(H2,30,37)(H,31,32,33). The van der Waals surface area contributed by atoms with Crippen LogP contribution in [-0.4, -0.2) is 77.1 Å². The first-order chi connectivity index (χ1) is 18.2. The van der Waals surface area contributed by atoms with Crippen molar-refractivity contribution >= 4 is 28.9 Å². The predicted molar refractivity (Wildman–Crippen MR) is 137 cm³/mol. The van der Waals surface area contributed by atoms with E-state index in [2.05, 4.69) is 30.3 Å². The summed E-state index contributed by atoms with van der Waals surface area (Å²) >= 11 is 6.02. The molecule has 3 heterocycles. The Hall–Kier alpha value is -3.48. The highest BCUT2D eigenvalue weighted by molar-refractivity contribution is 6.30. The number of amides is 1. The molecule has 2 aromatic heterocycles. The van der Waals surface area contributed by atoms with Crippen molar-refractivity contribution in [1.82, 2.24) is 25.0 Å². The number of carbonyl (C=O) groups excluding carboxylic acids is 1. The van der Waals surface area contributed by atoms with E-state index in [1.54, 1.807) is 18.3 Å². The summed E-state index contributed by atoms with van der Waals surface area (Å²) < 4.78 is 45.4. The first kappa shape index (κ1) is 27.6. The second-order valence-electron chi connectivity index (χ2n) is 8.89. The van der Waals surface area contributed by atoms with Crippen LogP contribution in [0, 0.1) is 5.82 Å². The molecule has 0 aliphatic carbocycles. The zero-order valence-corrected chi connectivity index (χ0v) is 21.3. The van der Waals surface area contributed by atoms with Crippen LogP contribution in [0.3, 0.4) is 0 Å². The summed E-state index contributed by atoms with van der Waals surface area (Å²) in [7, 11) is 2.03. The summed E-state index contributed by atoms with van der Waals surface area (Å²) in [6.45, 7) is 2.25. The zero-order chi connectivity index (χ0) is 27.2. The lowest BCUT2D eigenvalue weighted by atomic mass is 10.1. The van der Waals surface area contributed by atoms with Gasteiger partial charge in [0, 0.05) is 55.1 Å². The number of hydrogen-bond donors (Lipinski definition) is 2. The van der Waals surface area contributed by atoms with E-state index >= 15 is 0 Å². The number of nitrogens with two attached hydrogens (primary N) is 1. The molecule has 0 saturated carbocycles. The number of pyridine rings is 1. The van der Waals surface area contributed by atoms with Crippen molar-refractivity contribution in [2.24, 2.45) is 5.73 Å². The molecule has 3 N–H and O–H groups in total. The first-order valence-corrected chi connectivity index (χ1v) is 12.3. The number of aromatic nitrogens is 3. The smallest absolute Gasteiger partial charge is 0.272 e. The Morgan fingerprint density at radius 2 is 1.92 bits per heavy atom. The normalized spacial score (nSPS) is 15.4. The van der Waals surface area contributed by atoms with E-state index in [0.29, 0.717) is 16.4 Å². The third-order valence-corrected chi connectivity index (χ3v) is 6.32. The van der Waals surface area contributed by atoms with Gasteiger partial charge in [0.2, 0.25) is 5.91 Å². The number of alkyl halides is 2. The van der Waals surface area contributed by atoms with Gasteiger partial charge in [-0.05, 0) is 43.4 Å². The second-order valence-corrected chi connectivity index (χ2v) is 9.33. The van der Waals surface area contributed by atoms with Crippen LogP contribution in [0.1, 0.15) is 18.2 Å². The van der Waals surface area contributed by atoms with Gasteiger partial charge in [-0.25, -0.2) is 13.2 Å². The molecule has 1 aromatic carbocycles. The maximum atomic E-state index is 14.5. The molecule has 1 aliphatic rings. The lowest BCUT2D eigenvalue weighted by Gasteiger charge is -2.37. The number of ether oxygens (including phenoxy) is 1. The van der Waals surface area contributed by atoms with Gasteiger partial charge in [0.15, 0.2) is 6.61 Å². The molecule has 1 amide bonds. The Balaban J connectivity index is 1.67. The molecule has 1 atom stereocenters. The molecule has 3 aromatic rings. The molecular weight excluding hydrogens is 523 g/mol. The highest BCUT2D eigenvalue weighted by atomic mass is 35.5. The number of hydrogen-bond acceptors (Lipinski definition) is 8. The molecule has 202 valence electrons. The molecule has 38 heavy (non-hydrogen) atoms. The first-order valence-electron chi connectivity index (χ1n) is 11.9. The van der Waals surface area contributed by atoms with Gasteiger partial charge in [0.1, 0.15) is 11.5 Å². The molecule has 13 heteroatoms. The fourth-order valence-corrected chi connectivity index (χ4v) is 4.32. The summed E-state index contributed by atoms with van der Waals surface area (Å²) in [5.41, 5.74) is 7.06. The minimum Gasteiger partial charge on any atom is -0.469 e. The Morgan fingerprint density at radius 1 is 1.16 bits per heavy atom. The third kappa shape index (κ3) is 7.09. The molecule has 0 spiro atoms. The van der Waals surface area contributed by atoms with Gasteiger partial charge in [-0.15, -0.1) is 10.2 Å². The maximum Gasteiger partial charge on any atom is 0.272 e. The summed E-state index contributed by atoms with van der Waals surface area (Å²) in [5.74, 6) is -1.23. The minimum atomic E-state index is -2.74. The van der Waals surface area contributed by atoms with Crippen LogP contribution in [0.2, 0.25) is 5.02 Å². The van der Waals surface area contributed by atoms with Crippen molar-refractivity contribution in [1.29, 1.82) is 0 Å². The lowest BCUT2D eigenvalue weighted by Crippen LogP contribution is -2.46. The van der Waals surface area contributed by atoms with Gasteiger partial charge in [-0.2, -0.15) is 0 Å². The molecular formula is C25H27ClF3N7O2. The van der Waals surface area contributed by atoms with Crippen LogP contribution in [0.15, 0.2) is 42.6 Å². The van der Waals surface area contributed by atoms with Gasteiger partial charge >= 0.3 is 0 Å². The number of halogens is 4. The highest BCUT2D eigenvalue weighted by Gasteiger charge is 2.27. The largest absolute Gasteiger partial charge is 0.469 e.